The van der Waals surface area contributed by atoms with Crippen LogP contribution in [-0.2, 0) is 6.42 Å². The van der Waals surface area contributed by atoms with Crippen LogP contribution in [0, 0.1) is 12.8 Å². The first-order valence-corrected chi connectivity index (χ1v) is 4.10. The molecule has 1 aromatic rings. The molecule has 59 valence electrons. The van der Waals surface area contributed by atoms with E-state index in [-0.39, 0.29) is 0 Å². The minimum atomic E-state index is 0.720. The van der Waals surface area contributed by atoms with Gasteiger partial charge in [-0.1, -0.05) is 38.1 Å². The number of hydrogen-bond donors (Lipinski definition) is 0. The van der Waals surface area contributed by atoms with E-state index in [0.29, 0.717) is 0 Å². The fourth-order valence-electron chi connectivity index (χ4n) is 1.20. The van der Waals surface area contributed by atoms with Gasteiger partial charge in [-0.25, -0.2) is 0 Å². The Morgan fingerprint density at radius 1 is 1.27 bits per heavy atom. The standard InChI is InChI=1S/C11H15/c1-9(2)8-11-7-5-4-6-10(11)3/h4-7,9H,3,8H2,1-2H3. The molecule has 0 atom stereocenters. The fraction of sp³-hybridized carbons (Fsp3) is 0.364. The molecule has 0 aliphatic carbocycles. The first-order valence-electron chi connectivity index (χ1n) is 4.10. The highest BCUT2D eigenvalue weighted by Gasteiger charge is 1.98. The summed E-state index contributed by atoms with van der Waals surface area (Å²) in [6, 6.07) is 8.33. The van der Waals surface area contributed by atoms with Gasteiger partial charge in [0.25, 0.3) is 0 Å². The Balaban J connectivity index is 2.78. The van der Waals surface area contributed by atoms with Crippen LogP contribution in [0.1, 0.15) is 25.0 Å². The van der Waals surface area contributed by atoms with E-state index in [1.807, 2.05) is 6.07 Å². The Morgan fingerprint density at radius 2 is 1.91 bits per heavy atom. The van der Waals surface area contributed by atoms with Crippen LogP contribution < -0.4 is 0 Å². The van der Waals surface area contributed by atoms with Crippen LogP contribution in [0.3, 0.4) is 0 Å². The highest BCUT2D eigenvalue weighted by atomic mass is 14.0. The van der Waals surface area contributed by atoms with Crippen LogP contribution in [0.5, 0.6) is 0 Å². The van der Waals surface area contributed by atoms with Gasteiger partial charge in [0.1, 0.15) is 0 Å². The molecule has 0 spiro atoms. The number of hydrogen-bond acceptors (Lipinski definition) is 0. The zero-order valence-corrected chi connectivity index (χ0v) is 7.30. The predicted octanol–water partition coefficient (Wildman–Crippen LogP) is 3.07. The van der Waals surface area contributed by atoms with Gasteiger partial charge in [-0.05, 0) is 30.4 Å². The van der Waals surface area contributed by atoms with E-state index in [1.165, 1.54) is 11.1 Å². The smallest absolute Gasteiger partial charge is 0.0235 e. The largest absolute Gasteiger partial charge is 0.0625 e. The molecule has 0 unspecified atom stereocenters. The highest BCUT2D eigenvalue weighted by Crippen LogP contribution is 2.11. The second-order valence-electron chi connectivity index (χ2n) is 3.37. The normalized spacial score (nSPS) is 10.5. The molecule has 0 fully saturated rings. The van der Waals surface area contributed by atoms with Crippen molar-refractivity contribution in [3.05, 3.63) is 42.3 Å². The van der Waals surface area contributed by atoms with Gasteiger partial charge in [-0.15, -0.1) is 0 Å². The summed E-state index contributed by atoms with van der Waals surface area (Å²) in [5.41, 5.74) is 2.55. The Bertz CT molecular complexity index is 223. The zero-order chi connectivity index (χ0) is 8.27. The Morgan fingerprint density at radius 3 is 2.45 bits per heavy atom. The van der Waals surface area contributed by atoms with Crippen LogP contribution in [0.25, 0.3) is 0 Å². The molecule has 0 aromatic heterocycles. The summed E-state index contributed by atoms with van der Waals surface area (Å²) in [6.07, 6.45) is 1.14. The lowest BCUT2D eigenvalue weighted by Gasteiger charge is -2.06. The third-order valence-electron chi connectivity index (χ3n) is 1.75. The maximum absolute atomic E-state index is 3.97. The summed E-state index contributed by atoms with van der Waals surface area (Å²) in [5, 5.41) is 0. The van der Waals surface area contributed by atoms with E-state index in [0.717, 1.165) is 12.3 Å². The monoisotopic (exact) mass is 147 g/mol. The van der Waals surface area contributed by atoms with Crippen LogP contribution in [0.15, 0.2) is 24.3 Å². The maximum Gasteiger partial charge on any atom is -0.0235 e. The molecule has 1 rings (SSSR count). The van der Waals surface area contributed by atoms with Crippen molar-refractivity contribution in [2.45, 2.75) is 20.3 Å². The molecule has 0 heterocycles. The van der Waals surface area contributed by atoms with Crippen molar-refractivity contribution in [1.29, 1.82) is 0 Å². The second-order valence-corrected chi connectivity index (χ2v) is 3.37. The molecule has 0 aliphatic heterocycles. The summed E-state index contributed by atoms with van der Waals surface area (Å²) < 4.78 is 0. The molecule has 0 saturated carbocycles. The van der Waals surface area contributed by atoms with E-state index in [1.54, 1.807) is 0 Å². The summed E-state index contributed by atoms with van der Waals surface area (Å²) in [5.74, 6) is 0.720. The molecular formula is C11H15. The van der Waals surface area contributed by atoms with E-state index in [9.17, 15) is 0 Å². The van der Waals surface area contributed by atoms with Gasteiger partial charge < -0.3 is 0 Å². The summed E-state index contributed by atoms with van der Waals surface area (Å²) in [4.78, 5) is 0. The van der Waals surface area contributed by atoms with Crippen LogP contribution in [-0.4, -0.2) is 0 Å². The maximum atomic E-state index is 3.97. The lowest BCUT2D eigenvalue weighted by molar-refractivity contribution is 0.646. The third-order valence-corrected chi connectivity index (χ3v) is 1.75. The van der Waals surface area contributed by atoms with Crippen molar-refractivity contribution in [2.75, 3.05) is 0 Å². The number of rotatable bonds is 2. The summed E-state index contributed by atoms with van der Waals surface area (Å²) in [6.45, 7) is 8.43. The molecule has 0 nitrogen and oxygen atoms in total. The molecule has 0 heteroatoms. The molecule has 1 aromatic carbocycles. The van der Waals surface area contributed by atoms with Gasteiger partial charge in [0.15, 0.2) is 0 Å². The Hall–Kier alpha value is -0.780. The minimum absolute atomic E-state index is 0.720. The van der Waals surface area contributed by atoms with Gasteiger partial charge in [0.05, 0.1) is 0 Å². The SMILES string of the molecule is [CH2]c1ccccc1CC(C)C. The van der Waals surface area contributed by atoms with Crippen LogP contribution in [0.2, 0.25) is 0 Å². The number of benzene rings is 1. The molecular weight excluding hydrogens is 132 g/mol. The van der Waals surface area contributed by atoms with Crippen LogP contribution in [0.4, 0.5) is 0 Å². The average molecular weight is 147 g/mol. The van der Waals surface area contributed by atoms with E-state index >= 15 is 0 Å². The van der Waals surface area contributed by atoms with E-state index in [2.05, 4.69) is 39.0 Å². The lowest BCUT2D eigenvalue weighted by atomic mass is 9.99. The summed E-state index contributed by atoms with van der Waals surface area (Å²) in [7, 11) is 0. The molecule has 0 amide bonds. The summed E-state index contributed by atoms with van der Waals surface area (Å²) >= 11 is 0. The van der Waals surface area contributed by atoms with Gasteiger partial charge in [0.2, 0.25) is 0 Å². The minimum Gasteiger partial charge on any atom is -0.0625 e. The van der Waals surface area contributed by atoms with Gasteiger partial charge in [-0.3, -0.25) is 0 Å². The highest BCUT2D eigenvalue weighted by molar-refractivity contribution is 5.29. The van der Waals surface area contributed by atoms with Crippen molar-refractivity contribution in [1.82, 2.24) is 0 Å². The predicted molar refractivity (Wildman–Crippen MR) is 49.4 cm³/mol. The first kappa shape index (κ1) is 8.32. The van der Waals surface area contributed by atoms with Crippen molar-refractivity contribution >= 4 is 0 Å². The van der Waals surface area contributed by atoms with Crippen molar-refractivity contribution in [3.63, 3.8) is 0 Å². The Labute approximate surface area is 69.3 Å². The average Bonchev–Trinajstić information content (AvgIpc) is 1.93. The lowest BCUT2D eigenvalue weighted by Crippen LogP contribution is -1.95. The van der Waals surface area contributed by atoms with Crippen molar-refractivity contribution in [3.8, 4) is 0 Å². The Kier molecular flexibility index (Phi) is 2.70. The zero-order valence-electron chi connectivity index (χ0n) is 7.30. The van der Waals surface area contributed by atoms with E-state index in [4.69, 9.17) is 0 Å². The molecule has 0 N–H and O–H groups in total. The fourth-order valence-corrected chi connectivity index (χ4v) is 1.20. The molecule has 0 bridgehead atoms. The molecule has 1 radical (unpaired) electrons. The van der Waals surface area contributed by atoms with Crippen LogP contribution >= 0.6 is 0 Å². The van der Waals surface area contributed by atoms with E-state index < -0.39 is 0 Å². The molecule has 0 saturated heterocycles. The van der Waals surface area contributed by atoms with Crippen molar-refractivity contribution in [2.24, 2.45) is 5.92 Å². The van der Waals surface area contributed by atoms with Crippen molar-refractivity contribution < 1.29 is 0 Å². The van der Waals surface area contributed by atoms with Gasteiger partial charge in [0, 0.05) is 0 Å². The topological polar surface area (TPSA) is 0 Å². The first-order chi connectivity index (χ1) is 5.20. The molecule has 0 aliphatic rings. The van der Waals surface area contributed by atoms with Gasteiger partial charge in [-0.2, -0.15) is 0 Å². The second kappa shape index (κ2) is 3.56. The van der Waals surface area contributed by atoms with Gasteiger partial charge >= 0.3 is 0 Å². The quantitative estimate of drug-likeness (QED) is 0.603. The third kappa shape index (κ3) is 2.38. The molecule has 11 heavy (non-hydrogen) atoms.